The molecule has 0 atom stereocenters. The first-order chi connectivity index (χ1) is 10.2. The van der Waals surface area contributed by atoms with Crippen molar-refractivity contribution < 1.29 is 13.9 Å². The van der Waals surface area contributed by atoms with Gasteiger partial charge in [0, 0.05) is 18.5 Å². The Kier molecular flexibility index (Phi) is 5.84. The van der Waals surface area contributed by atoms with Crippen molar-refractivity contribution in [2.24, 2.45) is 5.73 Å². The van der Waals surface area contributed by atoms with E-state index in [9.17, 15) is 4.39 Å². The van der Waals surface area contributed by atoms with Crippen LogP contribution in [0.15, 0.2) is 42.5 Å². The first-order valence-electron chi connectivity index (χ1n) is 6.70. The second kappa shape index (κ2) is 7.86. The van der Waals surface area contributed by atoms with Crippen LogP contribution in [0, 0.1) is 5.82 Å². The van der Waals surface area contributed by atoms with Crippen molar-refractivity contribution in [2.75, 3.05) is 13.2 Å². The monoisotopic (exact) mass is 309 g/mol. The average Bonchev–Trinajstić information content (AvgIpc) is 2.51. The lowest BCUT2D eigenvalue weighted by Crippen LogP contribution is -2.08. The molecule has 0 aromatic heterocycles. The summed E-state index contributed by atoms with van der Waals surface area (Å²) < 4.78 is 24.6. The molecule has 0 heterocycles. The molecule has 0 radical (unpaired) electrons. The summed E-state index contributed by atoms with van der Waals surface area (Å²) in [7, 11) is 0. The zero-order valence-electron chi connectivity index (χ0n) is 11.5. The smallest absolute Gasteiger partial charge is 0.183 e. The molecular formula is C16H17ClFNO2. The van der Waals surface area contributed by atoms with Gasteiger partial charge in [-0.15, -0.1) is 0 Å². The van der Waals surface area contributed by atoms with E-state index in [4.69, 9.17) is 26.8 Å². The molecule has 0 saturated carbocycles. The van der Waals surface area contributed by atoms with Crippen LogP contribution in [0.25, 0.3) is 0 Å². The van der Waals surface area contributed by atoms with Gasteiger partial charge in [0.2, 0.25) is 0 Å². The van der Waals surface area contributed by atoms with E-state index in [0.717, 1.165) is 11.3 Å². The molecule has 0 saturated heterocycles. The molecule has 0 unspecified atom stereocenters. The fraction of sp³-hybridized carbons (Fsp3) is 0.250. The lowest BCUT2D eigenvalue weighted by atomic mass is 10.2. The SMILES string of the molecule is NCc1ccccc1OCCCOc1cccc(Cl)c1F. The van der Waals surface area contributed by atoms with Crippen molar-refractivity contribution in [3.8, 4) is 11.5 Å². The van der Waals surface area contributed by atoms with E-state index in [2.05, 4.69) is 0 Å². The van der Waals surface area contributed by atoms with Crippen LogP contribution in [0.2, 0.25) is 5.02 Å². The summed E-state index contributed by atoms with van der Waals surface area (Å²) in [5.74, 6) is 0.396. The minimum Gasteiger partial charge on any atom is -0.493 e. The molecule has 2 rings (SSSR count). The summed E-state index contributed by atoms with van der Waals surface area (Å²) in [4.78, 5) is 0. The quantitative estimate of drug-likeness (QED) is 0.792. The molecule has 2 aromatic carbocycles. The van der Waals surface area contributed by atoms with Gasteiger partial charge in [-0.25, -0.2) is 4.39 Å². The number of ether oxygens (including phenoxy) is 2. The first kappa shape index (κ1) is 15.6. The Morgan fingerprint density at radius 2 is 1.62 bits per heavy atom. The van der Waals surface area contributed by atoms with Gasteiger partial charge in [0.15, 0.2) is 11.6 Å². The summed E-state index contributed by atoms with van der Waals surface area (Å²) in [6, 6.07) is 12.3. The molecule has 5 heteroatoms. The zero-order valence-corrected chi connectivity index (χ0v) is 12.3. The highest BCUT2D eigenvalue weighted by Gasteiger charge is 2.07. The molecule has 0 aliphatic rings. The summed E-state index contributed by atoms with van der Waals surface area (Å²) in [6.45, 7) is 1.25. The Bertz CT molecular complexity index is 592. The standard InChI is InChI=1S/C16H17ClFNO2/c17-13-6-3-8-15(16(13)18)21-10-4-9-20-14-7-2-1-5-12(14)11-19/h1-3,5-8H,4,9-11,19H2. The Morgan fingerprint density at radius 3 is 2.38 bits per heavy atom. The molecule has 2 N–H and O–H groups in total. The van der Waals surface area contributed by atoms with Crippen LogP contribution in [0.4, 0.5) is 4.39 Å². The van der Waals surface area contributed by atoms with Crippen LogP contribution in [0.5, 0.6) is 11.5 Å². The first-order valence-corrected chi connectivity index (χ1v) is 7.07. The molecule has 0 bridgehead atoms. The lowest BCUT2D eigenvalue weighted by molar-refractivity contribution is 0.240. The third kappa shape index (κ3) is 4.34. The number of halogens is 2. The minimum absolute atomic E-state index is 0.0561. The summed E-state index contributed by atoms with van der Waals surface area (Å²) in [6.07, 6.45) is 0.630. The molecule has 0 aliphatic heterocycles. The molecule has 0 amide bonds. The van der Waals surface area contributed by atoms with Gasteiger partial charge in [0.1, 0.15) is 5.75 Å². The zero-order chi connectivity index (χ0) is 15.1. The Balaban J connectivity index is 1.76. The minimum atomic E-state index is -0.534. The van der Waals surface area contributed by atoms with Crippen molar-refractivity contribution in [3.05, 3.63) is 58.9 Å². The van der Waals surface area contributed by atoms with Gasteiger partial charge >= 0.3 is 0 Å². The van der Waals surface area contributed by atoms with Gasteiger partial charge in [-0.3, -0.25) is 0 Å². The highest BCUT2D eigenvalue weighted by Crippen LogP contribution is 2.24. The Hall–Kier alpha value is -1.78. The number of nitrogens with two attached hydrogens (primary N) is 1. The molecule has 0 aliphatic carbocycles. The van der Waals surface area contributed by atoms with Crippen LogP contribution in [-0.4, -0.2) is 13.2 Å². The number of hydrogen-bond donors (Lipinski definition) is 1. The highest BCUT2D eigenvalue weighted by molar-refractivity contribution is 6.30. The van der Waals surface area contributed by atoms with Crippen LogP contribution >= 0.6 is 11.6 Å². The average molecular weight is 310 g/mol. The van der Waals surface area contributed by atoms with Crippen molar-refractivity contribution in [1.82, 2.24) is 0 Å². The molecule has 112 valence electrons. The Morgan fingerprint density at radius 1 is 0.952 bits per heavy atom. The molecule has 3 nitrogen and oxygen atoms in total. The maximum atomic E-state index is 13.6. The molecule has 2 aromatic rings. The largest absolute Gasteiger partial charge is 0.493 e. The third-order valence-corrected chi connectivity index (χ3v) is 3.20. The third-order valence-electron chi connectivity index (χ3n) is 2.91. The van der Waals surface area contributed by atoms with E-state index < -0.39 is 5.82 Å². The number of para-hydroxylation sites is 1. The van der Waals surface area contributed by atoms with Gasteiger partial charge in [0.05, 0.1) is 18.2 Å². The molecular weight excluding hydrogens is 293 g/mol. The maximum absolute atomic E-state index is 13.6. The Labute approximate surface area is 128 Å². The predicted octanol–water partition coefficient (Wildman–Crippen LogP) is 3.79. The molecule has 0 fully saturated rings. The van der Waals surface area contributed by atoms with Gasteiger partial charge in [-0.05, 0) is 18.2 Å². The summed E-state index contributed by atoms with van der Waals surface area (Å²) in [5, 5.41) is 0.0561. The van der Waals surface area contributed by atoms with Crippen LogP contribution in [-0.2, 0) is 6.54 Å². The fourth-order valence-electron chi connectivity index (χ4n) is 1.83. The van der Waals surface area contributed by atoms with Gasteiger partial charge in [-0.1, -0.05) is 35.9 Å². The van der Waals surface area contributed by atoms with Crippen molar-refractivity contribution >= 4 is 11.6 Å². The van der Waals surface area contributed by atoms with Crippen LogP contribution in [0.3, 0.4) is 0 Å². The van der Waals surface area contributed by atoms with E-state index >= 15 is 0 Å². The van der Waals surface area contributed by atoms with Gasteiger partial charge < -0.3 is 15.2 Å². The van der Waals surface area contributed by atoms with Gasteiger partial charge in [-0.2, -0.15) is 0 Å². The van der Waals surface area contributed by atoms with E-state index in [1.165, 1.54) is 6.07 Å². The van der Waals surface area contributed by atoms with E-state index in [1.807, 2.05) is 24.3 Å². The van der Waals surface area contributed by atoms with E-state index in [1.54, 1.807) is 12.1 Å². The summed E-state index contributed by atoms with van der Waals surface area (Å²) in [5.41, 5.74) is 6.59. The number of benzene rings is 2. The lowest BCUT2D eigenvalue weighted by Gasteiger charge is -2.11. The topological polar surface area (TPSA) is 44.5 Å². The molecule has 21 heavy (non-hydrogen) atoms. The second-order valence-electron chi connectivity index (χ2n) is 4.41. The van der Waals surface area contributed by atoms with Crippen molar-refractivity contribution in [3.63, 3.8) is 0 Å². The van der Waals surface area contributed by atoms with Gasteiger partial charge in [0.25, 0.3) is 0 Å². The maximum Gasteiger partial charge on any atom is 0.183 e. The summed E-state index contributed by atoms with van der Waals surface area (Å²) >= 11 is 5.68. The number of hydrogen-bond acceptors (Lipinski definition) is 3. The predicted molar refractivity (Wildman–Crippen MR) is 81.4 cm³/mol. The highest BCUT2D eigenvalue weighted by atomic mass is 35.5. The number of rotatable bonds is 7. The van der Waals surface area contributed by atoms with Crippen molar-refractivity contribution in [2.45, 2.75) is 13.0 Å². The van der Waals surface area contributed by atoms with Crippen molar-refractivity contribution in [1.29, 1.82) is 0 Å². The molecule has 0 spiro atoms. The van der Waals surface area contributed by atoms with Crippen LogP contribution in [0.1, 0.15) is 12.0 Å². The van der Waals surface area contributed by atoms with Crippen LogP contribution < -0.4 is 15.2 Å². The fourth-order valence-corrected chi connectivity index (χ4v) is 2.00. The van der Waals surface area contributed by atoms with E-state index in [0.29, 0.717) is 26.2 Å². The second-order valence-corrected chi connectivity index (χ2v) is 4.82. The normalized spacial score (nSPS) is 10.4. The van der Waals surface area contributed by atoms with E-state index in [-0.39, 0.29) is 10.8 Å².